The number of hydrogen-bond acceptors (Lipinski definition) is 4. The van der Waals surface area contributed by atoms with E-state index in [1.165, 1.54) is 0 Å². The summed E-state index contributed by atoms with van der Waals surface area (Å²) in [5.74, 6) is 0. The molecule has 0 aromatic rings. The van der Waals surface area contributed by atoms with Crippen molar-refractivity contribution in [1.82, 2.24) is 10.4 Å². The second-order valence-electron chi connectivity index (χ2n) is 3.09. The molecule has 0 spiro atoms. The van der Waals surface area contributed by atoms with Crippen molar-refractivity contribution in [2.24, 2.45) is 0 Å². The van der Waals surface area contributed by atoms with E-state index >= 15 is 0 Å². The van der Waals surface area contributed by atoms with Gasteiger partial charge in [0.15, 0.2) is 12.5 Å². The van der Waals surface area contributed by atoms with Crippen LogP contribution in [0.2, 0.25) is 0 Å². The van der Waals surface area contributed by atoms with Crippen LogP contribution in [0.1, 0.15) is 20.3 Å². The van der Waals surface area contributed by atoms with Gasteiger partial charge >= 0.3 is 6.09 Å². The van der Waals surface area contributed by atoms with Crippen LogP contribution in [-0.2, 0) is 9.57 Å². The molecule has 1 N–H and O–H groups in total. The van der Waals surface area contributed by atoms with Gasteiger partial charge in [0.05, 0.1) is 0 Å². The Labute approximate surface area is 70.6 Å². The average Bonchev–Trinajstić information content (AvgIpc) is 2.80. The molecule has 0 saturated carbocycles. The first-order chi connectivity index (χ1) is 5.72. The fourth-order valence-corrected chi connectivity index (χ4v) is 1.21. The van der Waals surface area contributed by atoms with E-state index in [0.717, 1.165) is 6.42 Å². The molecule has 0 radical (unpaired) electrons. The van der Waals surface area contributed by atoms with Gasteiger partial charge in [-0.2, -0.15) is 0 Å². The first-order valence-electron chi connectivity index (χ1n) is 4.14. The third-order valence-electron chi connectivity index (χ3n) is 2.19. The number of carbonyl (C=O) groups is 1. The number of rotatable bonds is 2. The summed E-state index contributed by atoms with van der Waals surface area (Å²) in [5.41, 5.74) is 0. The second-order valence-corrected chi connectivity index (χ2v) is 3.09. The fraction of sp³-hybridized carbons (Fsp3) is 0.857. The number of hydrogen-bond donors (Lipinski definition) is 1. The van der Waals surface area contributed by atoms with E-state index in [9.17, 15) is 4.79 Å². The van der Waals surface area contributed by atoms with Crippen LogP contribution in [0.25, 0.3) is 0 Å². The van der Waals surface area contributed by atoms with Crippen molar-refractivity contribution in [2.75, 3.05) is 0 Å². The molecule has 0 aromatic carbocycles. The summed E-state index contributed by atoms with van der Waals surface area (Å²) in [4.78, 5) is 15.8. The summed E-state index contributed by atoms with van der Waals surface area (Å²) >= 11 is 0. The summed E-state index contributed by atoms with van der Waals surface area (Å²) in [7, 11) is 0. The molecule has 5 heteroatoms. The normalized spacial score (nSPS) is 36.3. The predicted molar refractivity (Wildman–Crippen MR) is 39.9 cm³/mol. The Morgan fingerprint density at radius 2 is 2.50 bits per heavy atom. The number of amides is 1. The molecule has 2 heterocycles. The Morgan fingerprint density at radius 1 is 1.75 bits per heavy atom. The number of ether oxygens (including phenoxy) is 1. The van der Waals surface area contributed by atoms with Gasteiger partial charge < -0.3 is 9.57 Å². The quantitative estimate of drug-likeness (QED) is 0.613. The van der Waals surface area contributed by atoms with Gasteiger partial charge in [-0.1, -0.05) is 6.92 Å². The van der Waals surface area contributed by atoms with Crippen molar-refractivity contribution in [3.8, 4) is 0 Å². The van der Waals surface area contributed by atoms with Crippen molar-refractivity contribution in [3.05, 3.63) is 0 Å². The topological polar surface area (TPSA) is 54.1 Å². The molecule has 12 heavy (non-hydrogen) atoms. The lowest BCUT2D eigenvalue weighted by molar-refractivity contribution is -0.161. The maximum absolute atomic E-state index is 10.9. The molecule has 0 bridgehead atoms. The second kappa shape index (κ2) is 2.60. The molecule has 1 amide bonds. The number of fused-ring (bicyclic) bond motifs is 1. The number of epoxide rings is 1. The lowest BCUT2D eigenvalue weighted by atomic mass is 10.2. The zero-order valence-corrected chi connectivity index (χ0v) is 7.11. The predicted octanol–water partition coefficient (Wildman–Crippen LogP) is 0.424. The third-order valence-corrected chi connectivity index (χ3v) is 2.19. The summed E-state index contributed by atoms with van der Waals surface area (Å²) in [5, 5.41) is 4.15. The van der Waals surface area contributed by atoms with Crippen molar-refractivity contribution < 1.29 is 14.4 Å². The van der Waals surface area contributed by atoms with Crippen molar-refractivity contribution >= 4 is 6.09 Å². The lowest BCUT2D eigenvalue weighted by Gasteiger charge is -2.27. The smallest absolute Gasteiger partial charge is 0.348 e. The van der Waals surface area contributed by atoms with E-state index in [0.29, 0.717) is 0 Å². The van der Waals surface area contributed by atoms with E-state index in [4.69, 9.17) is 9.57 Å². The number of nitrogens with one attached hydrogen (secondary N) is 1. The molecular formula is C7H12N2O3. The third kappa shape index (κ3) is 1.15. The Bertz CT molecular complexity index is 207. The Hall–Kier alpha value is -0.810. The van der Waals surface area contributed by atoms with Gasteiger partial charge in [0.1, 0.15) is 0 Å². The van der Waals surface area contributed by atoms with E-state index in [1.807, 2.05) is 13.8 Å². The van der Waals surface area contributed by atoms with Gasteiger partial charge in [-0.3, -0.25) is 5.32 Å². The molecule has 5 nitrogen and oxygen atoms in total. The summed E-state index contributed by atoms with van der Waals surface area (Å²) in [6.45, 7) is 4.04. The van der Waals surface area contributed by atoms with E-state index in [1.54, 1.807) is 5.06 Å². The average molecular weight is 172 g/mol. The Balaban J connectivity index is 2.01. The molecule has 0 aliphatic carbocycles. The van der Waals surface area contributed by atoms with Crippen molar-refractivity contribution in [2.45, 2.75) is 38.8 Å². The van der Waals surface area contributed by atoms with Gasteiger partial charge in [0, 0.05) is 6.04 Å². The zero-order valence-electron chi connectivity index (χ0n) is 7.11. The fourth-order valence-electron chi connectivity index (χ4n) is 1.21. The molecular weight excluding hydrogens is 160 g/mol. The van der Waals surface area contributed by atoms with Crippen LogP contribution in [0.5, 0.6) is 0 Å². The summed E-state index contributed by atoms with van der Waals surface area (Å²) in [6, 6.07) is 0.214. The maximum Gasteiger partial charge on any atom is 0.428 e. The minimum absolute atomic E-state index is 0.0716. The van der Waals surface area contributed by atoms with E-state index in [-0.39, 0.29) is 18.5 Å². The molecule has 0 aromatic heterocycles. The largest absolute Gasteiger partial charge is 0.428 e. The highest BCUT2D eigenvalue weighted by molar-refractivity contribution is 5.68. The highest BCUT2D eigenvalue weighted by Crippen LogP contribution is 2.30. The molecule has 3 unspecified atom stereocenters. The molecule has 2 fully saturated rings. The minimum Gasteiger partial charge on any atom is -0.348 e. The molecule has 3 atom stereocenters. The summed E-state index contributed by atoms with van der Waals surface area (Å²) in [6.07, 6.45) is 0.284. The monoisotopic (exact) mass is 172 g/mol. The number of nitrogens with zero attached hydrogens (tertiary/aromatic N) is 1. The summed E-state index contributed by atoms with van der Waals surface area (Å²) < 4.78 is 5.15. The van der Waals surface area contributed by atoms with E-state index in [2.05, 4.69) is 5.32 Å². The van der Waals surface area contributed by atoms with Gasteiger partial charge in [-0.05, 0) is 13.3 Å². The standard InChI is InChI=1S/C7H12N2O3/c1-3-4(2)9-6-5(11-6)8-7(10)12-9/h4-6H,3H2,1-2H3,(H,8,10). The molecule has 2 rings (SSSR count). The van der Waals surface area contributed by atoms with Crippen LogP contribution >= 0.6 is 0 Å². The van der Waals surface area contributed by atoms with Gasteiger partial charge in [-0.25, -0.2) is 4.79 Å². The highest BCUT2D eigenvalue weighted by Gasteiger charge is 2.52. The minimum atomic E-state index is -0.422. The van der Waals surface area contributed by atoms with Crippen LogP contribution in [0.4, 0.5) is 4.79 Å². The van der Waals surface area contributed by atoms with Gasteiger partial charge in [0.25, 0.3) is 0 Å². The SMILES string of the molecule is CCC(C)N1OC(=O)NC2OC21. The first kappa shape index (κ1) is 7.82. The van der Waals surface area contributed by atoms with E-state index < -0.39 is 6.09 Å². The van der Waals surface area contributed by atoms with Crippen LogP contribution in [0, 0.1) is 0 Å². The number of hydroxylamine groups is 2. The zero-order chi connectivity index (χ0) is 8.72. The molecule has 2 aliphatic heterocycles. The molecule has 2 aliphatic rings. The first-order valence-corrected chi connectivity index (χ1v) is 4.14. The molecule has 2 saturated heterocycles. The maximum atomic E-state index is 10.9. The highest BCUT2D eigenvalue weighted by atomic mass is 16.8. The lowest BCUT2D eigenvalue weighted by Crippen LogP contribution is -2.48. The molecule has 68 valence electrons. The van der Waals surface area contributed by atoms with Crippen LogP contribution in [0.3, 0.4) is 0 Å². The Kier molecular flexibility index (Phi) is 1.69. The van der Waals surface area contributed by atoms with Crippen molar-refractivity contribution in [1.29, 1.82) is 0 Å². The van der Waals surface area contributed by atoms with Crippen LogP contribution in [0.15, 0.2) is 0 Å². The van der Waals surface area contributed by atoms with Crippen LogP contribution in [-0.4, -0.2) is 29.7 Å². The van der Waals surface area contributed by atoms with Gasteiger partial charge in [0.2, 0.25) is 0 Å². The van der Waals surface area contributed by atoms with Gasteiger partial charge in [-0.15, -0.1) is 5.06 Å². The Morgan fingerprint density at radius 3 is 3.17 bits per heavy atom. The van der Waals surface area contributed by atoms with Crippen molar-refractivity contribution in [3.63, 3.8) is 0 Å². The van der Waals surface area contributed by atoms with Crippen LogP contribution < -0.4 is 5.32 Å². The number of carbonyl (C=O) groups excluding carboxylic acids is 1.